The average molecular weight is 330 g/mol. The molecule has 1 aromatic heterocycles. The number of aromatic nitrogens is 2. The van der Waals surface area contributed by atoms with Crippen molar-refractivity contribution in [1.29, 1.82) is 0 Å². The Balaban J connectivity index is 2.14. The first-order valence-electron chi connectivity index (χ1n) is 7.68. The molecule has 2 rings (SSSR count). The molecule has 0 spiro atoms. The summed E-state index contributed by atoms with van der Waals surface area (Å²) in [6.07, 6.45) is 1.46. The first-order chi connectivity index (χ1) is 11.4. The molecule has 2 N–H and O–H groups in total. The number of anilines is 1. The summed E-state index contributed by atoms with van der Waals surface area (Å²) in [4.78, 5) is 24.7. The molecule has 0 aliphatic rings. The van der Waals surface area contributed by atoms with E-state index in [1.165, 1.54) is 10.9 Å². The maximum absolute atomic E-state index is 12.3. The van der Waals surface area contributed by atoms with Gasteiger partial charge >= 0.3 is 0 Å². The van der Waals surface area contributed by atoms with Crippen LogP contribution >= 0.6 is 0 Å². The van der Waals surface area contributed by atoms with E-state index < -0.39 is 0 Å². The van der Waals surface area contributed by atoms with Crippen LogP contribution in [0, 0.1) is 5.92 Å². The van der Waals surface area contributed by atoms with Gasteiger partial charge in [-0.15, -0.1) is 0 Å². The van der Waals surface area contributed by atoms with Gasteiger partial charge in [-0.2, -0.15) is 5.10 Å². The van der Waals surface area contributed by atoms with Crippen molar-refractivity contribution in [2.45, 2.75) is 13.8 Å². The van der Waals surface area contributed by atoms with Gasteiger partial charge in [0.15, 0.2) is 0 Å². The standard InChI is InChI=1S/C17H22N4O3/c1-11(2)9-18-17(23)15-14(10-19-21(15)3)20-16(22)12-5-7-13(24-4)8-6-12/h5-8,10-11H,9H2,1-4H3,(H,18,23)(H,20,22). The van der Waals surface area contributed by atoms with Crippen LogP contribution in [0.2, 0.25) is 0 Å². The molecule has 0 aliphatic heterocycles. The Morgan fingerprint density at radius 3 is 2.46 bits per heavy atom. The minimum absolute atomic E-state index is 0.270. The van der Waals surface area contributed by atoms with Crippen LogP contribution in [-0.4, -0.2) is 35.2 Å². The quantitative estimate of drug-likeness (QED) is 0.849. The van der Waals surface area contributed by atoms with Gasteiger partial charge in [-0.1, -0.05) is 13.8 Å². The molecular formula is C17H22N4O3. The Kier molecular flexibility index (Phi) is 5.57. The maximum atomic E-state index is 12.3. The maximum Gasteiger partial charge on any atom is 0.271 e. The van der Waals surface area contributed by atoms with Gasteiger partial charge in [-0.25, -0.2) is 0 Å². The van der Waals surface area contributed by atoms with E-state index in [0.717, 1.165) is 0 Å². The normalized spacial score (nSPS) is 10.5. The fraction of sp³-hybridized carbons (Fsp3) is 0.353. The molecule has 1 heterocycles. The number of benzene rings is 1. The number of hydrogen-bond donors (Lipinski definition) is 2. The fourth-order valence-corrected chi connectivity index (χ4v) is 2.12. The van der Waals surface area contributed by atoms with Crippen LogP contribution in [0.5, 0.6) is 5.75 Å². The van der Waals surface area contributed by atoms with E-state index in [0.29, 0.717) is 35.2 Å². The summed E-state index contributed by atoms with van der Waals surface area (Å²) in [5.74, 6) is 0.415. The molecule has 24 heavy (non-hydrogen) atoms. The average Bonchev–Trinajstić information content (AvgIpc) is 2.93. The molecule has 7 nitrogen and oxygen atoms in total. The highest BCUT2D eigenvalue weighted by atomic mass is 16.5. The summed E-state index contributed by atoms with van der Waals surface area (Å²) in [6, 6.07) is 6.72. The first-order valence-corrected chi connectivity index (χ1v) is 7.68. The van der Waals surface area contributed by atoms with Crippen LogP contribution in [0.3, 0.4) is 0 Å². The molecule has 0 fully saturated rings. The van der Waals surface area contributed by atoms with Gasteiger partial charge in [0.25, 0.3) is 11.8 Å². The Morgan fingerprint density at radius 2 is 1.88 bits per heavy atom. The number of carbonyl (C=O) groups excluding carboxylic acids is 2. The first kappa shape index (κ1) is 17.5. The Morgan fingerprint density at radius 1 is 1.21 bits per heavy atom. The molecule has 0 atom stereocenters. The number of nitrogens with zero attached hydrogens (tertiary/aromatic N) is 2. The molecule has 0 unspecified atom stereocenters. The van der Waals surface area contributed by atoms with Crippen molar-refractivity contribution in [3.05, 3.63) is 41.7 Å². The molecule has 0 bridgehead atoms. The van der Waals surface area contributed by atoms with Crippen LogP contribution in [-0.2, 0) is 7.05 Å². The monoisotopic (exact) mass is 330 g/mol. The lowest BCUT2D eigenvalue weighted by molar-refractivity contribution is 0.0940. The highest BCUT2D eigenvalue weighted by molar-refractivity contribution is 6.08. The fourth-order valence-electron chi connectivity index (χ4n) is 2.12. The number of amides is 2. The van der Waals surface area contributed by atoms with Crippen molar-refractivity contribution in [2.75, 3.05) is 19.0 Å². The van der Waals surface area contributed by atoms with Gasteiger partial charge in [0.1, 0.15) is 11.4 Å². The zero-order chi connectivity index (χ0) is 17.7. The summed E-state index contributed by atoms with van der Waals surface area (Å²) in [5.41, 5.74) is 1.16. The molecule has 7 heteroatoms. The molecule has 0 radical (unpaired) electrons. The highest BCUT2D eigenvalue weighted by Crippen LogP contribution is 2.17. The zero-order valence-corrected chi connectivity index (χ0v) is 14.3. The third-order valence-corrected chi connectivity index (χ3v) is 3.43. The second-order valence-electron chi connectivity index (χ2n) is 5.82. The van der Waals surface area contributed by atoms with Gasteiger partial charge in [0.2, 0.25) is 0 Å². The third kappa shape index (κ3) is 4.13. The smallest absolute Gasteiger partial charge is 0.271 e. The minimum atomic E-state index is -0.316. The van der Waals surface area contributed by atoms with Gasteiger partial charge in [-0.3, -0.25) is 14.3 Å². The molecule has 0 saturated heterocycles. The number of ether oxygens (including phenoxy) is 1. The van der Waals surface area contributed by atoms with Gasteiger partial charge in [0.05, 0.1) is 19.0 Å². The third-order valence-electron chi connectivity index (χ3n) is 3.43. The van der Waals surface area contributed by atoms with Crippen LogP contribution in [0.25, 0.3) is 0 Å². The van der Waals surface area contributed by atoms with Crippen molar-refractivity contribution in [1.82, 2.24) is 15.1 Å². The molecule has 2 aromatic rings. The summed E-state index contributed by atoms with van der Waals surface area (Å²) >= 11 is 0. The predicted octanol–water partition coefficient (Wildman–Crippen LogP) is 2.07. The minimum Gasteiger partial charge on any atom is -0.497 e. The second kappa shape index (κ2) is 7.63. The van der Waals surface area contributed by atoms with Crippen molar-refractivity contribution >= 4 is 17.5 Å². The van der Waals surface area contributed by atoms with Crippen LogP contribution in [0.1, 0.15) is 34.7 Å². The molecule has 128 valence electrons. The van der Waals surface area contributed by atoms with Crippen molar-refractivity contribution in [3.63, 3.8) is 0 Å². The van der Waals surface area contributed by atoms with E-state index in [1.54, 1.807) is 38.4 Å². The number of rotatable bonds is 6. The Hall–Kier alpha value is -2.83. The molecular weight excluding hydrogens is 308 g/mol. The SMILES string of the molecule is COc1ccc(C(=O)Nc2cnn(C)c2C(=O)NCC(C)C)cc1. The van der Waals surface area contributed by atoms with Crippen LogP contribution in [0.4, 0.5) is 5.69 Å². The van der Waals surface area contributed by atoms with Crippen molar-refractivity contribution in [2.24, 2.45) is 13.0 Å². The van der Waals surface area contributed by atoms with E-state index in [4.69, 9.17) is 4.74 Å². The largest absolute Gasteiger partial charge is 0.497 e. The van der Waals surface area contributed by atoms with E-state index in [-0.39, 0.29) is 11.8 Å². The van der Waals surface area contributed by atoms with E-state index >= 15 is 0 Å². The van der Waals surface area contributed by atoms with Crippen molar-refractivity contribution < 1.29 is 14.3 Å². The van der Waals surface area contributed by atoms with E-state index in [2.05, 4.69) is 15.7 Å². The van der Waals surface area contributed by atoms with Gasteiger partial charge < -0.3 is 15.4 Å². The van der Waals surface area contributed by atoms with Gasteiger partial charge in [0, 0.05) is 19.2 Å². The number of hydrogen-bond acceptors (Lipinski definition) is 4. The summed E-state index contributed by atoms with van der Waals surface area (Å²) in [7, 11) is 3.22. The molecule has 0 aliphatic carbocycles. The lowest BCUT2D eigenvalue weighted by Gasteiger charge is -2.10. The zero-order valence-electron chi connectivity index (χ0n) is 14.3. The summed E-state index contributed by atoms with van der Waals surface area (Å²) in [5, 5.41) is 9.62. The molecule has 0 saturated carbocycles. The molecule has 1 aromatic carbocycles. The van der Waals surface area contributed by atoms with E-state index in [9.17, 15) is 9.59 Å². The molecule has 2 amide bonds. The number of aryl methyl sites for hydroxylation is 1. The lowest BCUT2D eigenvalue weighted by Crippen LogP contribution is -2.30. The van der Waals surface area contributed by atoms with Crippen molar-refractivity contribution in [3.8, 4) is 5.75 Å². The number of nitrogens with one attached hydrogen (secondary N) is 2. The number of carbonyl (C=O) groups is 2. The van der Waals surface area contributed by atoms with Crippen LogP contribution < -0.4 is 15.4 Å². The topological polar surface area (TPSA) is 85.2 Å². The van der Waals surface area contributed by atoms with Crippen LogP contribution in [0.15, 0.2) is 30.5 Å². The van der Waals surface area contributed by atoms with E-state index in [1.807, 2.05) is 13.8 Å². The highest BCUT2D eigenvalue weighted by Gasteiger charge is 2.19. The lowest BCUT2D eigenvalue weighted by atomic mass is 10.2. The Labute approximate surface area is 141 Å². The second-order valence-corrected chi connectivity index (χ2v) is 5.82. The summed E-state index contributed by atoms with van der Waals surface area (Å²) in [6.45, 7) is 4.57. The predicted molar refractivity (Wildman–Crippen MR) is 91.3 cm³/mol. The summed E-state index contributed by atoms with van der Waals surface area (Å²) < 4.78 is 6.51. The number of methoxy groups -OCH3 is 1. The van der Waals surface area contributed by atoms with Gasteiger partial charge in [-0.05, 0) is 30.2 Å². The Bertz CT molecular complexity index is 720.